The van der Waals surface area contributed by atoms with Crippen LogP contribution in [0.5, 0.6) is 0 Å². The molecule has 6 heteroatoms. The third-order valence-corrected chi connectivity index (χ3v) is 3.59. The van der Waals surface area contributed by atoms with E-state index >= 15 is 0 Å². The second kappa shape index (κ2) is 5.63. The molecule has 0 aliphatic rings. The van der Waals surface area contributed by atoms with E-state index in [2.05, 4.69) is 5.32 Å². The van der Waals surface area contributed by atoms with Crippen molar-refractivity contribution in [3.8, 4) is 0 Å². The van der Waals surface area contributed by atoms with Gasteiger partial charge in [-0.15, -0.1) is 11.3 Å². The number of anilines is 1. The standard InChI is InChI=1S/C13H13F3N2S/c14-13(15,16)10-3-1-2-9(6-10)7-18-8-12-11(17)4-5-19-12/h1-6,18H,7-8,17H2. The lowest BCUT2D eigenvalue weighted by Crippen LogP contribution is -2.13. The summed E-state index contributed by atoms with van der Waals surface area (Å²) in [6, 6.07) is 7.12. The quantitative estimate of drug-likeness (QED) is 0.900. The van der Waals surface area contributed by atoms with Gasteiger partial charge in [-0.2, -0.15) is 13.2 Å². The lowest BCUT2D eigenvalue weighted by atomic mass is 10.1. The van der Waals surface area contributed by atoms with Crippen molar-refractivity contribution < 1.29 is 13.2 Å². The van der Waals surface area contributed by atoms with E-state index in [1.165, 1.54) is 17.4 Å². The first-order valence-corrected chi connectivity index (χ1v) is 6.53. The fraction of sp³-hybridized carbons (Fsp3) is 0.231. The average molecular weight is 286 g/mol. The molecule has 2 rings (SSSR count). The number of halogens is 3. The van der Waals surface area contributed by atoms with Crippen molar-refractivity contribution in [3.05, 3.63) is 51.7 Å². The Balaban J connectivity index is 1.95. The Morgan fingerprint density at radius 3 is 2.58 bits per heavy atom. The smallest absolute Gasteiger partial charge is 0.398 e. The van der Waals surface area contributed by atoms with Crippen molar-refractivity contribution in [1.82, 2.24) is 5.32 Å². The summed E-state index contributed by atoms with van der Waals surface area (Å²) in [4.78, 5) is 0.993. The van der Waals surface area contributed by atoms with Gasteiger partial charge in [-0.3, -0.25) is 0 Å². The van der Waals surface area contributed by atoms with E-state index in [-0.39, 0.29) is 0 Å². The highest BCUT2D eigenvalue weighted by Crippen LogP contribution is 2.29. The zero-order valence-electron chi connectivity index (χ0n) is 10.00. The first-order valence-electron chi connectivity index (χ1n) is 5.65. The van der Waals surface area contributed by atoms with Crippen LogP contribution in [0.1, 0.15) is 16.0 Å². The van der Waals surface area contributed by atoms with Crippen molar-refractivity contribution in [3.63, 3.8) is 0 Å². The molecular formula is C13H13F3N2S. The van der Waals surface area contributed by atoms with Gasteiger partial charge in [-0.05, 0) is 23.1 Å². The molecule has 0 amide bonds. The van der Waals surface area contributed by atoms with Crippen LogP contribution in [0.15, 0.2) is 35.7 Å². The summed E-state index contributed by atoms with van der Waals surface area (Å²) in [5.74, 6) is 0. The lowest BCUT2D eigenvalue weighted by Gasteiger charge is -2.09. The van der Waals surface area contributed by atoms with Crippen LogP contribution in [0.4, 0.5) is 18.9 Å². The maximum absolute atomic E-state index is 12.5. The maximum Gasteiger partial charge on any atom is 0.416 e. The summed E-state index contributed by atoms with van der Waals surface area (Å²) in [7, 11) is 0. The molecule has 0 radical (unpaired) electrons. The highest BCUT2D eigenvalue weighted by Gasteiger charge is 2.30. The van der Waals surface area contributed by atoms with Gasteiger partial charge < -0.3 is 11.1 Å². The molecule has 0 atom stereocenters. The van der Waals surface area contributed by atoms with Gasteiger partial charge in [-0.25, -0.2) is 0 Å². The average Bonchev–Trinajstić information content (AvgIpc) is 2.75. The monoisotopic (exact) mass is 286 g/mol. The van der Waals surface area contributed by atoms with Gasteiger partial charge in [0.05, 0.1) is 5.56 Å². The van der Waals surface area contributed by atoms with Crippen LogP contribution >= 0.6 is 11.3 Å². The van der Waals surface area contributed by atoms with E-state index in [1.54, 1.807) is 6.07 Å². The summed E-state index contributed by atoms with van der Waals surface area (Å²) in [5, 5.41) is 4.97. The minimum Gasteiger partial charge on any atom is -0.398 e. The molecular weight excluding hydrogens is 273 g/mol. The van der Waals surface area contributed by atoms with Crippen molar-refractivity contribution in [2.24, 2.45) is 0 Å². The summed E-state index contributed by atoms with van der Waals surface area (Å²) in [5.41, 5.74) is 6.41. The van der Waals surface area contributed by atoms with E-state index in [9.17, 15) is 13.2 Å². The lowest BCUT2D eigenvalue weighted by molar-refractivity contribution is -0.137. The van der Waals surface area contributed by atoms with E-state index in [4.69, 9.17) is 5.73 Å². The molecule has 1 aromatic heterocycles. The summed E-state index contributed by atoms with van der Waals surface area (Å²) in [6.45, 7) is 0.932. The number of nitrogen functional groups attached to an aromatic ring is 1. The maximum atomic E-state index is 12.5. The number of hydrogen-bond acceptors (Lipinski definition) is 3. The fourth-order valence-electron chi connectivity index (χ4n) is 1.67. The highest BCUT2D eigenvalue weighted by atomic mass is 32.1. The van der Waals surface area contributed by atoms with Crippen molar-refractivity contribution >= 4 is 17.0 Å². The molecule has 0 aliphatic carbocycles. The molecule has 1 aromatic carbocycles. The summed E-state index contributed by atoms with van der Waals surface area (Å²) >= 11 is 1.52. The molecule has 0 unspecified atom stereocenters. The SMILES string of the molecule is Nc1ccsc1CNCc1cccc(C(F)(F)F)c1. The topological polar surface area (TPSA) is 38.0 Å². The predicted molar refractivity (Wildman–Crippen MR) is 70.7 cm³/mol. The van der Waals surface area contributed by atoms with E-state index in [1.807, 2.05) is 11.4 Å². The van der Waals surface area contributed by atoms with Gasteiger partial charge in [0, 0.05) is 23.7 Å². The molecule has 0 bridgehead atoms. The Morgan fingerprint density at radius 1 is 1.16 bits per heavy atom. The number of thiophene rings is 1. The fourth-order valence-corrected chi connectivity index (χ4v) is 2.44. The molecule has 102 valence electrons. The molecule has 2 aromatic rings. The Labute approximate surface area is 113 Å². The largest absolute Gasteiger partial charge is 0.416 e. The minimum atomic E-state index is -4.30. The van der Waals surface area contributed by atoms with Crippen LogP contribution in [0.2, 0.25) is 0 Å². The van der Waals surface area contributed by atoms with E-state index < -0.39 is 11.7 Å². The van der Waals surface area contributed by atoms with Crippen molar-refractivity contribution in [1.29, 1.82) is 0 Å². The van der Waals surface area contributed by atoms with Crippen LogP contribution < -0.4 is 11.1 Å². The molecule has 0 saturated carbocycles. The number of nitrogens with one attached hydrogen (secondary N) is 1. The Morgan fingerprint density at radius 2 is 1.95 bits per heavy atom. The van der Waals surface area contributed by atoms with Crippen LogP contribution in [-0.2, 0) is 19.3 Å². The van der Waals surface area contributed by atoms with Gasteiger partial charge in [0.25, 0.3) is 0 Å². The molecule has 0 fully saturated rings. The van der Waals surface area contributed by atoms with Crippen LogP contribution in [-0.4, -0.2) is 0 Å². The second-order valence-corrected chi connectivity index (χ2v) is 5.10. The third kappa shape index (κ3) is 3.71. The zero-order chi connectivity index (χ0) is 13.9. The summed E-state index contributed by atoms with van der Waals surface area (Å²) < 4.78 is 37.6. The second-order valence-electron chi connectivity index (χ2n) is 4.10. The first kappa shape index (κ1) is 13.9. The van der Waals surface area contributed by atoms with Gasteiger partial charge >= 0.3 is 6.18 Å². The Kier molecular flexibility index (Phi) is 4.11. The molecule has 19 heavy (non-hydrogen) atoms. The van der Waals surface area contributed by atoms with Gasteiger partial charge in [-0.1, -0.05) is 18.2 Å². The van der Waals surface area contributed by atoms with Gasteiger partial charge in [0.15, 0.2) is 0 Å². The number of hydrogen-bond donors (Lipinski definition) is 2. The zero-order valence-corrected chi connectivity index (χ0v) is 10.8. The van der Waals surface area contributed by atoms with Crippen LogP contribution in [0.25, 0.3) is 0 Å². The molecule has 0 saturated heterocycles. The number of rotatable bonds is 4. The minimum absolute atomic E-state index is 0.376. The highest BCUT2D eigenvalue weighted by molar-refractivity contribution is 7.10. The Hall–Kier alpha value is -1.53. The molecule has 2 nitrogen and oxygen atoms in total. The molecule has 3 N–H and O–H groups in total. The molecule has 0 spiro atoms. The van der Waals surface area contributed by atoms with Crippen LogP contribution in [0, 0.1) is 0 Å². The third-order valence-electron chi connectivity index (χ3n) is 2.65. The summed E-state index contributed by atoms with van der Waals surface area (Å²) in [6.07, 6.45) is -4.30. The van der Waals surface area contributed by atoms with Gasteiger partial charge in [0.1, 0.15) is 0 Å². The van der Waals surface area contributed by atoms with E-state index in [0.29, 0.717) is 24.3 Å². The first-order chi connectivity index (χ1) is 8.97. The van der Waals surface area contributed by atoms with Crippen LogP contribution in [0.3, 0.4) is 0 Å². The van der Waals surface area contributed by atoms with Gasteiger partial charge in [0.2, 0.25) is 0 Å². The normalized spacial score (nSPS) is 11.7. The van der Waals surface area contributed by atoms with Crippen molar-refractivity contribution in [2.45, 2.75) is 19.3 Å². The number of alkyl halides is 3. The molecule has 0 aliphatic heterocycles. The van der Waals surface area contributed by atoms with E-state index in [0.717, 1.165) is 17.0 Å². The molecule has 1 heterocycles. The predicted octanol–water partition coefficient (Wildman–Crippen LogP) is 3.64. The number of benzene rings is 1. The Bertz CT molecular complexity index is 549. The van der Waals surface area contributed by atoms with Crippen molar-refractivity contribution in [2.75, 3.05) is 5.73 Å². The number of nitrogens with two attached hydrogens (primary N) is 1.